The van der Waals surface area contributed by atoms with Gasteiger partial charge in [-0.25, -0.2) is 0 Å². The van der Waals surface area contributed by atoms with Crippen LogP contribution in [0.1, 0.15) is 12.0 Å². The SMILES string of the molecule is O=C(CO)CSCCCSCc1ccccc1. The summed E-state index contributed by atoms with van der Waals surface area (Å²) in [7, 11) is 0. The Balaban J connectivity index is 1.93. The number of Topliss-reactive ketones (excluding diaryl/α,β-unsaturated/α-hetero) is 1. The van der Waals surface area contributed by atoms with Crippen molar-refractivity contribution in [2.75, 3.05) is 23.9 Å². The maximum absolute atomic E-state index is 10.8. The second kappa shape index (κ2) is 9.57. The zero-order chi connectivity index (χ0) is 12.3. The molecule has 0 unspecified atom stereocenters. The predicted octanol–water partition coefficient (Wildman–Crippen LogP) is 2.60. The topological polar surface area (TPSA) is 37.3 Å². The minimum absolute atomic E-state index is 0.0769. The Morgan fingerprint density at radius 2 is 1.82 bits per heavy atom. The summed E-state index contributed by atoms with van der Waals surface area (Å²) in [5, 5.41) is 8.53. The molecule has 0 bridgehead atoms. The number of carbonyl (C=O) groups excluding carboxylic acids is 1. The van der Waals surface area contributed by atoms with Crippen molar-refractivity contribution in [2.45, 2.75) is 12.2 Å². The van der Waals surface area contributed by atoms with Crippen molar-refractivity contribution < 1.29 is 9.90 Å². The molecular formula is C13H18O2S2. The fourth-order valence-corrected chi connectivity index (χ4v) is 3.17. The molecule has 0 saturated heterocycles. The first-order chi connectivity index (χ1) is 8.33. The van der Waals surface area contributed by atoms with Crippen LogP contribution in [0.15, 0.2) is 30.3 Å². The number of carbonyl (C=O) groups is 1. The molecule has 0 spiro atoms. The van der Waals surface area contributed by atoms with Gasteiger partial charge in [0.05, 0.1) is 5.75 Å². The number of thioether (sulfide) groups is 2. The number of aliphatic hydroxyl groups is 1. The van der Waals surface area contributed by atoms with Crippen LogP contribution >= 0.6 is 23.5 Å². The molecule has 0 aromatic heterocycles. The van der Waals surface area contributed by atoms with Crippen LogP contribution in [-0.4, -0.2) is 34.8 Å². The smallest absolute Gasteiger partial charge is 0.167 e. The Labute approximate surface area is 111 Å². The van der Waals surface area contributed by atoms with E-state index in [1.807, 2.05) is 17.8 Å². The van der Waals surface area contributed by atoms with Gasteiger partial charge in [-0.2, -0.15) is 23.5 Å². The number of benzene rings is 1. The van der Waals surface area contributed by atoms with Gasteiger partial charge in [0.25, 0.3) is 0 Å². The summed E-state index contributed by atoms with van der Waals surface area (Å²) in [6.07, 6.45) is 1.11. The van der Waals surface area contributed by atoms with E-state index in [9.17, 15) is 4.79 Å². The van der Waals surface area contributed by atoms with Crippen molar-refractivity contribution in [3.8, 4) is 0 Å². The number of ketones is 1. The van der Waals surface area contributed by atoms with Crippen LogP contribution in [0.25, 0.3) is 0 Å². The Kier molecular flexibility index (Phi) is 8.22. The molecule has 4 heteroatoms. The van der Waals surface area contributed by atoms with E-state index in [1.54, 1.807) is 11.8 Å². The zero-order valence-electron chi connectivity index (χ0n) is 9.80. The van der Waals surface area contributed by atoms with E-state index in [-0.39, 0.29) is 12.4 Å². The van der Waals surface area contributed by atoms with E-state index in [4.69, 9.17) is 5.11 Å². The molecule has 0 heterocycles. The van der Waals surface area contributed by atoms with Crippen LogP contribution in [-0.2, 0) is 10.5 Å². The third-order valence-corrected chi connectivity index (χ3v) is 4.35. The molecule has 1 rings (SSSR count). The van der Waals surface area contributed by atoms with Gasteiger partial charge in [0.1, 0.15) is 6.61 Å². The van der Waals surface area contributed by atoms with Crippen LogP contribution in [0, 0.1) is 0 Å². The van der Waals surface area contributed by atoms with Gasteiger partial charge >= 0.3 is 0 Å². The third-order valence-electron chi connectivity index (χ3n) is 2.13. The quantitative estimate of drug-likeness (QED) is 0.700. The molecule has 1 aromatic carbocycles. The van der Waals surface area contributed by atoms with Crippen molar-refractivity contribution in [1.82, 2.24) is 0 Å². The Hall–Kier alpha value is -0.450. The lowest BCUT2D eigenvalue weighted by Gasteiger charge is -2.02. The van der Waals surface area contributed by atoms with E-state index >= 15 is 0 Å². The van der Waals surface area contributed by atoms with Crippen LogP contribution in [0.3, 0.4) is 0 Å². The van der Waals surface area contributed by atoms with E-state index in [1.165, 1.54) is 5.56 Å². The molecule has 17 heavy (non-hydrogen) atoms. The highest BCUT2D eigenvalue weighted by Gasteiger charge is 1.99. The van der Waals surface area contributed by atoms with Crippen LogP contribution < -0.4 is 0 Å². The van der Waals surface area contributed by atoms with Crippen molar-refractivity contribution in [2.24, 2.45) is 0 Å². The average molecular weight is 270 g/mol. The van der Waals surface area contributed by atoms with Crippen molar-refractivity contribution in [3.63, 3.8) is 0 Å². The summed E-state index contributed by atoms with van der Waals surface area (Å²) in [5.41, 5.74) is 1.36. The largest absolute Gasteiger partial charge is 0.389 e. The number of rotatable bonds is 9. The molecule has 94 valence electrons. The third kappa shape index (κ3) is 7.47. The summed E-state index contributed by atoms with van der Waals surface area (Å²) >= 11 is 3.53. The molecule has 0 aliphatic carbocycles. The first-order valence-electron chi connectivity index (χ1n) is 5.65. The summed E-state index contributed by atoms with van der Waals surface area (Å²) in [6.45, 7) is -0.324. The standard InChI is InChI=1S/C13H18O2S2/c14-9-13(15)11-17-8-4-7-16-10-12-5-2-1-3-6-12/h1-3,5-6,14H,4,7-11H2. The molecule has 0 fully saturated rings. The average Bonchev–Trinajstić information content (AvgIpc) is 2.38. The van der Waals surface area contributed by atoms with Gasteiger partial charge in [0.15, 0.2) is 5.78 Å². The normalized spacial score (nSPS) is 10.4. The maximum atomic E-state index is 10.8. The molecule has 0 aliphatic rings. The summed E-state index contributed by atoms with van der Waals surface area (Å²) in [5.74, 6) is 3.54. The second-order valence-electron chi connectivity index (χ2n) is 3.64. The molecular weight excluding hydrogens is 252 g/mol. The first kappa shape index (κ1) is 14.6. The number of aliphatic hydroxyl groups excluding tert-OH is 1. The van der Waals surface area contributed by atoms with Gasteiger partial charge in [0, 0.05) is 5.75 Å². The Bertz CT molecular complexity index is 314. The molecule has 0 saturated carbocycles. The lowest BCUT2D eigenvalue weighted by Crippen LogP contribution is -2.06. The summed E-state index contributed by atoms with van der Waals surface area (Å²) in [6, 6.07) is 10.4. The molecule has 0 radical (unpaired) electrons. The maximum Gasteiger partial charge on any atom is 0.167 e. The van der Waals surface area contributed by atoms with E-state index in [0.29, 0.717) is 5.75 Å². The predicted molar refractivity (Wildman–Crippen MR) is 76.6 cm³/mol. The molecule has 1 aromatic rings. The van der Waals surface area contributed by atoms with Crippen LogP contribution in [0.5, 0.6) is 0 Å². The van der Waals surface area contributed by atoms with Gasteiger partial charge in [-0.3, -0.25) is 4.79 Å². The fraction of sp³-hybridized carbons (Fsp3) is 0.462. The highest BCUT2D eigenvalue weighted by atomic mass is 32.2. The summed E-state index contributed by atoms with van der Waals surface area (Å²) < 4.78 is 0. The van der Waals surface area contributed by atoms with Gasteiger partial charge < -0.3 is 5.11 Å². The summed E-state index contributed by atoms with van der Waals surface area (Å²) in [4.78, 5) is 10.8. The van der Waals surface area contributed by atoms with Gasteiger partial charge in [-0.1, -0.05) is 30.3 Å². The highest BCUT2D eigenvalue weighted by molar-refractivity contribution is 8.00. The minimum atomic E-state index is -0.324. The van der Waals surface area contributed by atoms with Gasteiger partial charge in [-0.05, 0) is 23.5 Å². The van der Waals surface area contributed by atoms with Crippen molar-refractivity contribution in [1.29, 1.82) is 0 Å². The monoisotopic (exact) mass is 270 g/mol. The van der Waals surface area contributed by atoms with Crippen molar-refractivity contribution >= 4 is 29.3 Å². The number of hydrogen-bond donors (Lipinski definition) is 1. The molecule has 0 aliphatic heterocycles. The minimum Gasteiger partial charge on any atom is -0.389 e. The van der Waals surface area contributed by atoms with Crippen LogP contribution in [0.2, 0.25) is 0 Å². The van der Waals surface area contributed by atoms with Gasteiger partial charge in [0.2, 0.25) is 0 Å². The lowest BCUT2D eigenvalue weighted by atomic mass is 10.2. The lowest BCUT2D eigenvalue weighted by molar-refractivity contribution is -0.119. The Morgan fingerprint density at radius 3 is 2.53 bits per heavy atom. The number of hydrogen-bond acceptors (Lipinski definition) is 4. The van der Waals surface area contributed by atoms with Gasteiger partial charge in [-0.15, -0.1) is 0 Å². The fourth-order valence-electron chi connectivity index (χ4n) is 1.26. The Morgan fingerprint density at radius 1 is 1.12 bits per heavy atom. The molecule has 2 nitrogen and oxygen atoms in total. The first-order valence-corrected chi connectivity index (χ1v) is 7.96. The van der Waals surface area contributed by atoms with Crippen LogP contribution in [0.4, 0.5) is 0 Å². The molecule has 1 N–H and O–H groups in total. The molecule has 0 atom stereocenters. The molecule has 0 amide bonds. The van der Waals surface area contributed by atoms with Crippen molar-refractivity contribution in [3.05, 3.63) is 35.9 Å². The zero-order valence-corrected chi connectivity index (χ0v) is 11.4. The highest BCUT2D eigenvalue weighted by Crippen LogP contribution is 2.14. The van der Waals surface area contributed by atoms with E-state index in [0.717, 1.165) is 23.7 Å². The van der Waals surface area contributed by atoms with E-state index < -0.39 is 0 Å². The second-order valence-corrected chi connectivity index (χ2v) is 5.85. The van der Waals surface area contributed by atoms with E-state index in [2.05, 4.69) is 24.3 Å².